The summed E-state index contributed by atoms with van der Waals surface area (Å²) >= 11 is 17.0. The Morgan fingerprint density at radius 1 is 1.38 bits per heavy atom. The van der Waals surface area contributed by atoms with E-state index in [-0.39, 0.29) is 11.7 Å². The molecule has 0 saturated heterocycles. The summed E-state index contributed by atoms with van der Waals surface area (Å²) in [6.07, 6.45) is 0. The number of rotatable bonds is 2. The number of alkyl halides is 1. The Morgan fingerprint density at radius 2 is 2.00 bits per heavy atom. The molecule has 1 nitrogen and oxygen atoms in total. The summed E-state index contributed by atoms with van der Waals surface area (Å²) in [5.41, 5.74) is 1.21. The van der Waals surface area contributed by atoms with Crippen LogP contribution in [0.25, 0.3) is 0 Å². The average Bonchev–Trinajstić information content (AvgIpc) is 2.13. The van der Waals surface area contributed by atoms with Gasteiger partial charge in [0.15, 0.2) is 5.78 Å². The van der Waals surface area contributed by atoms with Gasteiger partial charge < -0.3 is 0 Å². The summed E-state index contributed by atoms with van der Waals surface area (Å²) in [5.74, 6) is -0.184. The van der Waals surface area contributed by atoms with Gasteiger partial charge in [0, 0.05) is 5.56 Å². The van der Waals surface area contributed by atoms with Crippen molar-refractivity contribution in [3.63, 3.8) is 0 Å². The highest BCUT2D eigenvalue weighted by Crippen LogP contribution is 2.28. The molecule has 0 N–H and O–H groups in total. The van der Waals surface area contributed by atoms with Crippen LogP contribution in [0.3, 0.4) is 0 Å². The summed E-state index contributed by atoms with van der Waals surface area (Å²) in [4.78, 5) is 11.3. The molecular weight excluding hydrogens is 230 g/mol. The maximum absolute atomic E-state index is 11.3. The minimum absolute atomic E-state index is 0.0429. The van der Waals surface area contributed by atoms with Crippen LogP contribution in [-0.4, -0.2) is 11.7 Å². The van der Waals surface area contributed by atoms with Gasteiger partial charge in [-0.15, -0.1) is 11.6 Å². The van der Waals surface area contributed by atoms with Crippen LogP contribution in [0, 0.1) is 6.92 Å². The van der Waals surface area contributed by atoms with E-state index in [9.17, 15) is 4.79 Å². The van der Waals surface area contributed by atoms with Crippen molar-refractivity contribution in [2.75, 3.05) is 5.88 Å². The fourth-order valence-corrected chi connectivity index (χ4v) is 1.54. The van der Waals surface area contributed by atoms with E-state index in [1.807, 2.05) is 0 Å². The minimum Gasteiger partial charge on any atom is -0.293 e. The van der Waals surface area contributed by atoms with Gasteiger partial charge in [0.2, 0.25) is 0 Å². The van der Waals surface area contributed by atoms with Gasteiger partial charge in [-0.05, 0) is 24.6 Å². The molecule has 0 unspecified atom stereocenters. The molecule has 1 rings (SSSR count). The first-order valence-electron chi connectivity index (χ1n) is 3.61. The molecule has 0 aromatic heterocycles. The zero-order valence-electron chi connectivity index (χ0n) is 6.90. The number of carbonyl (C=O) groups excluding carboxylic acids is 1. The van der Waals surface area contributed by atoms with E-state index < -0.39 is 0 Å². The van der Waals surface area contributed by atoms with Crippen LogP contribution >= 0.6 is 34.8 Å². The van der Waals surface area contributed by atoms with Crippen LogP contribution in [0.2, 0.25) is 10.0 Å². The lowest BCUT2D eigenvalue weighted by atomic mass is 10.1. The van der Waals surface area contributed by atoms with Gasteiger partial charge in [0.25, 0.3) is 0 Å². The van der Waals surface area contributed by atoms with Crippen LogP contribution in [0.1, 0.15) is 15.9 Å². The SMILES string of the molecule is Cc1c(C(=O)CCl)ccc(Cl)c1Cl. The van der Waals surface area contributed by atoms with Crippen LogP contribution < -0.4 is 0 Å². The Kier molecular flexibility index (Phi) is 3.60. The minimum atomic E-state index is -0.141. The molecule has 0 heterocycles. The Morgan fingerprint density at radius 3 is 2.54 bits per heavy atom. The summed E-state index contributed by atoms with van der Waals surface area (Å²) in [6, 6.07) is 3.23. The van der Waals surface area contributed by atoms with Crippen LogP contribution in [0.15, 0.2) is 12.1 Å². The van der Waals surface area contributed by atoms with Crippen molar-refractivity contribution in [3.05, 3.63) is 33.3 Å². The van der Waals surface area contributed by atoms with E-state index in [0.29, 0.717) is 21.2 Å². The number of carbonyl (C=O) groups is 1. The van der Waals surface area contributed by atoms with E-state index in [0.717, 1.165) is 0 Å². The van der Waals surface area contributed by atoms with Gasteiger partial charge in [-0.1, -0.05) is 23.2 Å². The van der Waals surface area contributed by atoms with E-state index in [4.69, 9.17) is 34.8 Å². The third-order valence-electron chi connectivity index (χ3n) is 1.76. The first kappa shape index (κ1) is 10.8. The number of hydrogen-bond donors (Lipinski definition) is 0. The maximum Gasteiger partial charge on any atom is 0.177 e. The standard InChI is InChI=1S/C9H7Cl3O/c1-5-6(8(13)4-10)2-3-7(11)9(5)12/h2-3H,4H2,1H3. The highest BCUT2D eigenvalue weighted by molar-refractivity contribution is 6.43. The Balaban J connectivity index is 3.26. The fourth-order valence-electron chi connectivity index (χ4n) is 1.03. The molecule has 0 saturated carbocycles. The summed E-state index contributed by atoms with van der Waals surface area (Å²) in [7, 11) is 0. The molecule has 1 aromatic carbocycles. The first-order valence-corrected chi connectivity index (χ1v) is 4.90. The van der Waals surface area contributed by atoms with Crippen molar-refractivity contribution in [2.45, 2.75) is 6.92 Å². The van der Waals surface area contributed by atoms with Crippen LogP contribution in [0.5, 0.6) is 0 Å². The lowest BCUT2D eigenvalue weighted by Crippen LogP contribution is -2.03. The van der Waals surface area contributed by atoms with E-state index >= 15 is 0 Å². The van der Waals surface area contributed by atoms with Crippen molar-refractivity contribution >= 4 is 40.6 Å². The highest BCUT2D eigenvalue weighted by Gasteiger charge is 2.11. The zero-order chi connectivity index (χ0) is 10.0. The lowest BCUT2D eigenvalue weighted by Gasteiger charge is -2.05. The van der Waals surface area contributed by atoms with Crippen molar-refractivity contribution in [3.8, 4) is 0 Å². The van der Waals surface area contributed by atoms with Crippen LogP contribution in [0.4, 0.5) is 0 Å². The largest absolute Gasteiger partial charge is 0.293 e. The van der Waals surface area contributed by atoms with E-state index in [2.05, 4.69) is 0 Å². The summed E-state index contributed by atoms with van der Waals surface area (Å²) in [6.45, 7) is 1.74. The molecular formula is C9H7Cl3O. The average molecular weight is 238 g/mol. The van der Waals surface area contributed by atoms with Crippen molar-refractivity contribution in [1.29, 1.82) is 0 Å². The quantitative estimate of drug-likeness (QED) is 0.566. The first-order chi connectivity index (χ1) is 6.07. The van der Waals surface area contributed by atoms with Gasteiger partial charge in [0.05, 0.1) is 15.9 Å². The van der Waals surface area contributed by atoms with Crippen molar-refractivity contribution in [2.24, 2.45) is 0 Å². The maximum atomic E-state index is 11.3. The molecule has 0 atom stereocenters. The second-order valence-corrected chi connectivity index (χ2v) is 3.64. The number of Topliss-reactive ketones (excluding diaryl/α,β-unsaturated/α-hetero) is 1. The Labute approximate surface area is 91.6 Å². The number of hydrogen-bond acceptors (Lipinski definition) is 1. The molecule has 0 radical (unpaired) electrons. The molecule has 0 spiro atoms. The Hall–Kier alpha value is -0.240. The molecule has 0 aliphatic carbocycles. The van der Waals surface area contributed by atoms with Crippen molar-refractivity contribution in [1.82, 2.24) is 0 Å². The summed E-state index contributed by atoms with van der Waals surface area (Å²) < 4.78 is 0. The predicted molar refractivity (Wildman–Crippen MR) is 56.2 cm³/mol. The van der Waals surface area contributed by atoms with Gasteiger partial charge in [-0.25, -0.2) is 0 Å². The van der Waals surface area contributed by atoms with E-state index in [1.165, 1.54) is 0 Å². The predicted octanol–water partition coefficient (Wildman–Crippen LogP) is 3.72. The third-order valence-corrected chi connectivity index (χ3v) is 2.90. The monoisotopic (exact) mass is 236 g/mol. The molecule has 70 valence electrons. The number of halogens is 3. The second kappa shape index (κ2) is 4.32. The molecule has 4 heteroatoms. The molecule has 13 heavy (non-hydrogen) atoms. The smallest absolute Gasteiger partial charge is 0.177 e. The molecule has 0 bridgehead atoms. The summed E-state index contributed by atoms with van der Waals surface area (Å²) in [5, 5.41) is 0.864. The van der Waals surface area contributed by atoms with Crippen molar-refractivity contribution < 1.29 is 4.79 Å². The normalized spacial score (nSPS) is 10.2. The molecule has 0 aliphatic rings. The third kappa shape index (κ3) is 2.16. The van der Waals surface area contributed by atoms with Gasteiger partial charge in [0.1, 0.15) is 0 Å². The topological polar surface area (TPSA) is 17.1 Å². The zero-order valence-corrected chi connectivity index (χ0v) is 9.17. The fraction of sp³-hybridized carbons (Fsp3) is 0.222. The van der Waals surface area contributed by atoms with Gasteiger partial charge >= 0.3 is 0 Å². The van der Waals surface area contributed by atoms with Gasteiger partial charge in [-0.2, -0.15) is 0 Å². The lowest BCUT2D eigenvalue weighted by molar-refractivity contribution is 0.102. The Bertz CT molecular complexity index is 347. The van der Waals surface area contributed by atoms with Gasteiger partial charge in [-0.3, -0.25) is 4.79 Å². The number of benzene rings is 1. The molecule has 0 amide bonds. The highest BCUT2D eigenvalue weighted by atomic mass is 35.5. The molecule has 1 aromatic rings. The second-order valence-electron chi connectivity index (χ2n) is 2.59. The molecule has 0 fully saturated rings. The molecule has 0 aliphatic heterocycles. The van der Waals surface area contributed by atoms with E-state index in [1.54, 1.807) is 19.1 Å². The van der Waals surface area contributed by atoms with Crippen LogP contribution in [-0.2, 0) is 0 Å². The number of ketones is 1.